The molecule has 11 heteroatoms. The molecule has 2 saturated carbocycles. The van der Waals surface area contributed by atoms with Crippen LogP contribution in [0.4, 0.5) is 9.52 Å². The number of carboxylic acid groups (broad SMARTS) is 1. The summed E-state index contributed by atoms with van der Waals surface area (Å²) in [5, 5.41) is 17.2. The number of aromatic carboxylic acids is 1. The molecule has 2 aromatic heterocycles. The Hall–Kier alpha value is -2.98. The quantitative estimate of drug-likeness (QED) is 0.221. The van der Waals surface area contributed by atoms with E-state index in [2.05, 4.69) is 10.1 Å². The van der Waals surface area contributed by atoms with Crippen LogP contribution >= 0.6 is 34.5 Å². The van der Waals surface area contributed by atoms with Gasteiger partial charge < -0.3 is 19.3 Å². The number of piperidine rings is 1. The summed E-state index contributed by atoms with van der Waals surface area (Å²) in [4.78, 5) is 18.1. The summed E-state index contributed by atoms with van der Waals surface area (Å²) < 4.78 is 26.8. The molecule has 2 aliphatic heterocycles. The van der Waals surface area contributed by atoms with Crippen molar-refractivity contribution in [3.8, 4) is 22.5 Å². The Morgan fingerprint density at radius 2 is 1.90 bits per heavy atom. The monoisotopic (exact) mass is 599 g/mol. The van der Waals surface area contributed by atoms with E-state index in [-0.39, 0.29) is 11.7 Å². The van der Waals surface area contributed by atoms with Gasteiger partial charge in [0.25, 0.3) is 0 Å². The molecule has 4 aliphatic rings. The predicted molar refractivity (Wildman–Crippen MR) is 151 cm³/mol. The summed E-state index contributed by atoms with van der Waals surface area (Å²) in [5.41, 5.74) is 2.98. The van der Waals surface area contributed by atoms with Crippen LogP contribution in [0.25, 0.3) is 22.5 Å². The highest BCUT2D eigenvalue weighted by Gasteiger charge is 2.47. The van der Waals surface area contributed by atoms with E-state index < -0.39 is 11.8 Å². The molecule has 1 unspecified atom stereocenters. The first-order valence-corrected chi connectivity index (χ1v) is 14.8. The smallest absolute Gasteiger partial charge is 0.335 e. The molecular weight excluding hydrogens is 576 g/mol. The van der Waals surface area contributed by atoms with Crippen LogP contribution in [0.5, 0.6) is 0 Å². The lowest BCUT2D eigenvalue weighted by molar-refractivity contribution is -0.0169. The molecule has 2 aromatic carbocycles. The lowest BCUT2D eigenvalue weighted by atomic mass is 9.78. The molecule has 2 saturated heterocycles. The highest BCUT2D eigenvalue weighted by Crippen LogP contribution is 2.48. The summed E-state index contributed by atoms with van der Waals surface area (Å²) in [6.07, 6.45) is 5.01. The molecule has 40 heavy (non-hydrogen) atoms. The van der Waals surface area contributed by atoms with Crippen molar-refractivity contribution in [3.05, 3.63) is 74.5 Å². The van der Waals surface area contributed by atoms with E-state index in [4.69, 9.17) is 42.6 Å². The topological polar surface area (TPSA) is 88.7 Å². The maximum Gasteiger partial charge on any atom is 0.335 e. The van der Waals surface area contributed by atoms with Gasteiger partial charge in [0, 0.05) is 40.1 Å². The first kappa shape index (κ1) is 26.0. The van der Waals surface area contributed by atoms with E-state index >= 15 is 0 Å². The van der Waals surface area contributed by atoms with E-state index in [0.717, 1.165) is 54.6 Å². The standard InChI is InChI=1S/C29H24Cl2FN3O4S/c30-21-2-1-3-22(31)25(21)26-20(27(39-34-26)14-4-5-14)12-38-18-10-16-9-17(11-18)35(16)29-33-24(13-40-29)19-7-6-15(28(36)37)8-23(19)32/h1-3,6-8,13-14,16-18H,4-5,9-12H2,(H,36,37)/t16-,17?,18+/m1/s1. The summed E-state index contributed by atoms with van der Waals surface area (Å²) in [7, 11) is 0. The van der Waals surface area contributed by atoms with E-state index in [1.165, 1.54) is 23.5 Å². The number of aromatic nitrogens is 2. The largest absolute Gasteiger partial charge is 0.478 e. The van der Waals surface area contributed by atoms with E-state index in [1.807, 2.05) is 11.4 Å². The third kappa shape index (κ3) is 4.59. The number of hydrogen-bond acceptors (Lipinski definition) is 7. The lowest BCUT2D eigenvalue weighted by Gasteiger charge is -2.55. The van der Waals surface area contributed by atoms with Gasteiger partial charge >= 0.3 is 5.97 Å². The van der Waals surface area contributed by atoms with Gasteiger partial charge in [-0.1, -0.05) is 34.4 Å². The van der Waals surface area contributed by atoms with Crippen LogP contribution in [-0.4, -0.2) is 39.4 Å². The number of rotatable bonds is 8. The zero-order valence-corrected chi connectivity index (χ0v) is 23.5. The Morgan fingerprint density at radius 1 is 1.15 bits per heavy atom. The van der Waals surface area contributed by atoms with Gasteiger partial charge in [-0.05, 0) is 62.4 Å². The highest BCUT2D eigenvalue weighted by atomic mass is 35.5. The van der Waals surface area contributed by atoms with Crippen molar-refractivity contribution in [2.24, 2.45) is 0 Å². The fraction of sp³-hybridized carbons (Fsp3) is 0.345. The van der Waals surface area contributed by atoms with Gasteiger partial charge in [-0.2, -0.15) is 0 Å². The second-order valence-corrected chi connectivity index (χ2v) is 12.3. The summed E-state index contributed by atoms with van der Waals surface area (Å²) in [6.45, 7) is 0.378. The third-order valence-electron chi connectivity index (χ3n) is 8.04. The summed E-state index contributed by atoms with van der Waals surface area (Å²) >= 11 is 14.5. The van der Waals surface area contributed by atoms with Crippen LogP contribution in [-0.2, 0) is 11.3 Å². The van der Waals surface area contributed by atoms with Gasteiger partial charge in [0.05, 0.1) is 34.0 Å². The molecule has 0 amide bonds. The van der Waals surface area contributed by atoms with Crippen LogP contribution < -0.4 is 4.90 Å². The molecule has 0 radical (unpaired) electrons. The molecule has 4 heterocycles. The van der Waals surface area contributed by atoms with Crippen molar-refractivity contribution < 1.29 is 23.6 Å². The molecular formula is C29H24Cl2FN3O4S. The van der Waals surface area contributed by atoms with Crippen molar-refractivity contribution in [2.45, 2.75) is 62.8 Å². The van der Waals surface area contributed by atoms with Gasteiger partial charge in [-0.3, -0.25) is 0 Å². The highest BCUT2D eigenvalue weighted by molar-refractivity contribution is 7.14. The van der Waals surface area contributed by atoms with Gasteiger partial charge in [0.1, 0.15) is 17.3 Å². The molecule has 1 N–H and O–H groups in total. The number of nitrogens with zero attached hydrogens (tertiary/aromatic N) is 3. The van der Waals surface area contributed by atoms with Crippen molar-refractivity contribution >= 4 is 45.6 Å². The first-order chi connectivity index (χ1) is 19.4. The Labute approximate surface area is 243 Å². The van der Waals surface area contributed by atoms with Crippen LogP contribution in [0.3, 0.4) is 0 Å². The zero-order valence-electron chi connectivity index (χ0n) is 21.1. The number of benzene rings is 2. The average Bonchev–Trinajstić information content (AvgIpc) is 3.52. The molecule has 0 spiro atoms. The van der Waals surface area contributed by atoms with Crippen LogP contribution in [0.2, 0.25) is 10.0 Å². The SMILES string of the molecule is O=C(O)c1ccc(-c2csc(N3C4C[C@@H](OCc5c(-c6c(Cl)cccc6Cl)noc5C5CC5)C[C@H]3C4)n2)c(F)c1. The molecule has 206 valence electrons. The number of anilines is 1. The van der Waals surface area contributed by atoms with E-state index in [1.54, 1.807) is 12.1 Å². The Kier molecular flexibility index (Phi) is 6.58. The minimum Gasteiger partial charge on any atom is -0.478 e. The van der Waals surface area contributed by atoms with E-state index in [0.29, 0.717) is 57.2 Å². The molecule has 2 bridgehead atoms. The van der Waals surface area contributed by atoms with Gasteiger partial charge in [-0.15, -0.1) is 11.3 Å². The third-order valence-corrected chi connectivity index (χ3v) is 9.52. The second-order valence-electron chi connectivity index (χ2n) is 10.6. The van der Waals surface area contributed by atoms with Gasteiger partial charge in [-0.25, -0.2) is 14.2 Å². The molecule has 4 fully saturated rings. The summed E-state index contributed by atoms with van der Waals surface area (Å²) in [6, 6.07) is 9.90. The molecule has 4 aromatic rings. The Morgan fingerprint density at radius 3 is 2.58 bits per heavy atom. The number of hydrogen-bond donors (Lipinski definition) is 1. The molecule has 8 rings (SSSR count). The average molecular weight is 600 g/mol. The Bertz CT molecular complexity index is 1590. The molecule has 2 aliphatic carbocycles. The number of ether oxygens (including phenoxy) is 1. The number of carboxylic acids is 1. The molecule has 7 nitrogen and oxygen atoms in total. The van der Waals surface area contributed by atoms with Gasteiger partial charge in [0.2, 0.25) is 0 Å². The van der Waals surface area contributed by atoms with Gasteiger partial charge in [0.15, 0.2) is 5.13 Å². The minimum absolute atomic E-state index is 0.0805. The van der Waals surface area contributed by atoms with Crippen LogP contribution in [0.1, 0.15) is 59.7 Å². The molecule has 3 atom stereocenters. The van der Waals surface area contributed by atoms with Crippen LogP contribution in [0.15, 0.2) is 46.3 Å². The van der Waals surface area contributed by atoms with Crippen molar-refractivity contribution in [1.82, 2.24) is 10.1 Å². The van der Waals surface area contributed by atoms with Crippen LogP contribution in [0, 0.1) is 5.82 Å². The Balaban J connectivity index is 1.05. The van der Waals surface area contributed by atoms with Crippen molar-refractivity contribution in [1.29, 1.82) is 0 Å². The maximum atomic E-state index is 14.6. The fourth-order valence-corrected chi connectivity index (χ4v) is 7.43. The normalized spacial score (nSPS) is 21.9. The van der Waals surface area contributed by atoms with Crippen molar-refractivity contribution in [3.63, 3.8) is 0 Å². The first-order valence-electron chi connectivity index (χ1n) is 13.2. The number of thiazole rings is 1. The second kappa shape index (κ2) is 10.1. The lowest BCUT2D eigenvalue weighted by Crippen LogP contribution is -2.62. The fourth-order valence-electron chi connectivity index (χ4n) is 5.88. The summed E-state index contributed by atoms with van der Waals surface area (Å²) in [5.74, 6) is -0.523. The number of halogens is 3. The number of fused-ring (bicyclic) bond motifs is 2. The minimum atomic E-state index is -1.16. The predicted octanol–water partition coefficient (Wildman–Crippen LogP) is 7.81. The maximum absolute atomic E-state index is 14.6. The zero-order chi connectivity index (χ0) is 27.5. The van der Waals surface area contributed by atoms with Crippen molar-refractivity contribution in [2.75, 3.05) is 4.90 Å². The van der Waals surface area contributed by atoms with E-state index in [9.17, 15) is 9.18 Å². The number of carbonyl (C=O) groups is 1.